The first-order valence-corrected chi connectivity index (χ1v) is 8.78. The Kier molecular flexibility index (Phi) is 14.7. The van der Waals surface area contributed by atoms with Crippen LogP contribution in [0.2, 0.25) is 0 Å². The van der Waals surface area contributed by atoms with Crippen LogP contribution < -0.4 is 10.5 Å². The Hall–Kier alpha value is -0.730. The number of rotatable bonds is 13. The van der Waals surface area contributed by atoms with Gasteiger partial charge in [-0.3, -0.25) is 0 Å². The van der Waals surface area contributed by atoms with E-state index in [1.807, 2.05) is 0 Å². The van der Waals surface area contributed by atoms with Crippen molar-refractivity contribution >= 4 is 12.4 Å². The minimum atomic E-state index is 0. The highest BCUT2D eigenvalue weighted by Gasteiger charge is 1.97. The molecule has 0 bridgehead atoms. The smallest absolute Gasteiger partial charge is 0.119 e. The standard InChI is InChI=1S/C19H33NO.ClH/c1-2-3-4-5-8-11-18-12-14-19(15-13-18)21-17-10-7-6-9-16-20;/h12-15H,2-11,16-17,20H2,1H3;1H. The van der Waals surface area contributed by atoms with E-state index in [-0.39, 0.29) is 12.4 Å². The van der Waals surface area contributed by atoms with Crippen molar-refractivity contribution in [3.63, 3.8) is 0 Å². The monoisotopic (exact) mass is 327 g/mol. The second-order valence-corrected chi connectivity index (χ2v) is 5.86. The number of halogens is 1. The number of hydrogen-bond donors (Lipinski definition) is 1. The van der Waals surface area contributed by atoms with Crippen molar-refractivity contribution in [2.75, 3.05) is 13.2 Å². The van der Waals surface area contributed by atoms with Crippen molar-refractivity contribution < 1.29 is 4.74 Å². The molecule has 2 N–H and O–H groups in total. The van der Waals surface area contributed by atoms with Crippen LogP contribution >= 0.6 is 12.4 Å². The second kappa shape index (κ2) is 15.2. The summed E-state index contributed by atoms with van der Waals surface area (Å²) in [5, 5.41) is 0. The lowest BCUT2D eigenvalue weighted by Crippen LogP contribution is -2.00. The number of unbranched alkanes of at least 4 members (excludes halogenated alkanes) is 7. The van der Waals surface area contributed by atoms with E-state index >= 15 is 0 Å². The lowest BCUT2D eigenvalue weighted by atomic mass is 10.1. The molecule has 1 aromatic carbocycles. The van der Waals surface area contributed by atoms with Crippen LogP contribution in [0.4, 0.5) is 0 Å². The third kappa shape index (κ3) is 10.9. The summed E-state index contributed by atoms with van der Waals surface area (Å²) in [6.45, 7) is 3.89. The first-order chi connectivity index (χ1) is 10.4. The normalized spacial score (nSPS) is 10.3. The molecule has 0 atom stereocenters. The van der Waals surface area contributed by atoms with Crippen LogP contribution in [0.5, 0.6) is 5.75 Å². The molecule has 1 rings (SSSR count). The van der Waals surface area contributed by atoms with Crippen molar-refractivity contribution in [3.05, 3.63) is 29.8 Å². The predicted molar refractivity (Wildman–Crippen MR) is 99.2 cm³/mol. The molecule has 0 heterocycles. The van der Waals surface area contributed by atoms with Gasteiger partial charge >= 0.3 is 0 Å². The summed E-state index contributed by atoms with van der Waals surface area (Å²) in [5.41, 5.74) is 6.91. The molecule has 128 valence electrons. The van der Waals surface area contributed by atoms with Crippen LogP contribution in [0, 0.1) is 0 Å². The van der Waals surface area contributed by atoms with Gasteiger partial charge in [0, 0.05) is 0 Å². The molecule has 0 saturated carbocycles. The molecule has 0 spiro atoms. The Bertz CT molecular complexity index is 340. The third-order valence-electron chi connectivity index (χ3n) is 3.86. The molecule has 22 heavy (non-hydrogen) atoms. The largest absolute Gasteiger partial charge is 0.494 e. The number of hydrogen-bond acceptors (Lipinski definition) is 2. The molecule has 1 aromatic rings. The average molecular weight is 328 g/mol. The van der Waals surface area contributed by atoms with Crippen molar-refractivity contribution in [3.8, 4) is 5.75 Å². The zero-order valence-corrected chi connectivity index (χ0v) is 15.0. The summed E-state index contributed by atoms with van der Waals surface area (Å²) in [5.74, 6) is 1.00. The van der Waals surface area contributed by atoms with Gasteiger partial charge in [0.1, 0.15) is 5.75 Å². The van der Waals surface area contributed by atoms with E-state index in [2.05, 4.69) is 31.2 Å². The maximum Gasteiger partial charge on any atom is 0.119 e. The maximum atomic E-state index is 5.77. The Balaban J connectivity index is 0.00000441. The fraction of sp³-hybridized carbons (Fsp3) is 0.684. The second-order valence-electron chi connectivity index (χ2n) is 5.86. The SMILES string of the molecule is CCCCCCCc1ccc(OCCCCCCN)cc1.Cl. The molecule has 2 nitrogen and oxygen atoms in total. The van der Waals surface area contributed by atoms with Crippen LogP contribution in [0.1, 0.15) is 70.3 Å². The molecule has 0 aliphatic carbocycles. The molecule has 0 fully saturated rings. The summed E-state index contributed by atoms with van der Waals surface area (Å²) in [4.78, 5) is 0. The zero-order valence-electron chi connectivity index (χ0n) is 14.2. The van der Waals surface area contributed by atoms with Gasteiger partial charge in [0.25, 0.3) is 0 Å². The molecule has 0 amide bonds. The highest BCUT2D eigenvalue weighted by atomic mass is 35.5. The van der Waals surface area contributed by atoms with E-state index in [0.717, 1.165) is 31.7 Å². The predicted octanol–water partition coefficient (Wildman–Crippen LogP) is 5.52. The van der Waals surface area contributed by atoms with Gasteiger partial charge in [-0.1, -0.05) is 57.6 Å². The first-order valence-electron chi connectivity index (χ1n) is 8.78. The summed E-state index contributed by atoms with van der Waals surface area (Å²) in [6.07, 6.45) is 12.6. The number of aryl methyl sites for hydroxylation is 1. The Morgan fingerprint density at radius 1 is 0.818 bits per heavy atom. The topological polar surface area (TPSA) is 35.2 Å². The molecule has 0 aliphatic heterocycles. The fourth-order valence-electron chi connectivity index (χ4n) is 2.47. The highest BCUT2D eigenvalue weighted by Crippen LogP contribution is 2.15. The average Bonchev–Trinajstić information content (AvgIpc) is 2.52. The molecule has 0 radical (unpaired) electrons. The number of nitrogens with two attached hydrogens (primary N) is 1. The van der Waals surface area contributed by atoms with Gasteiger partial charge in [-0.25, -0.2) is 0 Å². The zero-order chi connectivity index (χ0) is 15.2. The molecule has 0 unspecified atom stereocenters. The minimum absolute atomic E-state index is 0. The van der Waals surface area contributed by atoms with Crippen molar-refractivity contribution in [1.29, 1.82) is 0 Å². The van der Waals surface area contributed by atoms with Crippen LogP contribution in [0.3, 0.4) is 0 Å². The lowest BCUT2D eigenvalue weighted by Gasteiger charge is -2.07. The van der Waals surface area contributed by atoms with Crippen LogP contribution in [-0.2, 0) is 6.42 Å². The van der Waals surface area contributed by atoms with Gasteiger partial charge in [0.2, 0.25) is 0 Å². The van der Waals surface area contributed by atoms with E-state index in [9.17, 15) is 0 Å². The Labute approximate surface area is 143 Å². The van der Waals surface area contributed by atoms with Gasteiger partial charge < -0.3 is 10.5 Å². The van der Waals surface area contributed by atoms with Crippen LogP contribution in [-0.4, -0.2) is 13.2 Å². The third-order valence-corrected chi connectivity index (χ3v) is 3.86. The summed E-state index contributed by atoms with van der Waals surface area (Å²) < 4.78 is 5.77. The van der Waals surface area contributed by atoms with E-state index in [0.29, 0.717) is 0 Å². The van der Waals surface area contributed by atoms with Crippen molar-refractivity contribution in [1.82, 2.24) is 0 Å². The van der Waals surface area contributed by atoms with Crippen LogP contribution in [0.15, 0.2) is 24.3 Å². The molecule has 3 heteroatoms. The van der Waals surface area contributed by atoms with Gasteiger partial charge in [0.15, 0.2) is 0 Å². The number of ether oxygens (including phenoxy) is 1. The van der Waals surface area contributed by atoms with Crippen molar-refractivity contribution in [2.45, 2.75) is 71.1 Å². The highest BCUT2D eigenvalue weighted by molar-refractivity contribution is 5.85. The lowest BCUT2D eigenvalue weighted by molar-refractivity contribution is 0.304. The molecular weight excluding hydrogens is 294 g/mol. The molecule has 0 saturated heterocycles. The van der Waals surface area contributed by atoms with Gasteiger partial charge in [-0.2, -0.15) is 0 Å². The minimum Gasteiger partial charge on any atom is -0.494 e. The van der Waals surface area contributed by atoms with E-state index in [1.165, 1.54) is 56.9 Å². The summed E-state index contributed by atoms with van der Waals surface area (Å²) in [7, 11) is 0. The summed E-state index contributed by atoms with van der Waals surface area (Å²) >= 11 is 0. The molecule has 0 aromatic heterocycles. The van der Waals surface area contributed by atoms with E-state index < -0.39 is 0 Å². The first kappa shape index (κ1) is 21.3. The molecular formula is C19H34ClNO. The van der Waals surface area contributed by atoms with Crippen LogP contribution in [0.25, 0.3) is 0 Å². The quantitative estimate of drug-likeness (QED) is 0.484. The van der Waals surface area contributed by atoms with E-state index in [4.69, 9.17) is 10.5 Å². The van der Waals surface area contributed by atoms with E-state index in [1.54, 1.807) is 0 Å². The summed E-state index contributed by atoms with van der Waals surface area (Å²) in [6, 6.07) is 8.65. The Morgan fingerprint density at radius 3 is 2.14 bits per heavy atom. The maximum absolute atomic E-state index is 5.77. The van der Waals surface area contributed by atoms with Gasteiger partial charge in [-0.15, -0.1) is 12.4 Å². The number of benzene rings is 1. The van der Waals surface area contributed by atoms with Crippen molar-refractivity contribution in [2.24, 2.45) is 5.73 Å². The Morgan fingerprint density at radius 2 is 1.45 bits per heavy atom. The van der Waals surface area contributed by atoms with Gasteiger partial charge in [0.05, 0.1) is 6.61 Å². The van der Waals surface area contributed by atoms with Gasteiger partial charge in [-0.05, 0) is 49.9 Å². The fourth-order valence-corrected chi connectivity index (χ4v) is 2.47. The molecule has 0 aliphatic rings.